The lowest BCUT2D eigenvalue weighted by Gasteiger charge is -2.21. The molecule has 0 heterocycles. The van der Waals surface area contributed by atoms with Gasteiger partial charge in [-0.1, -0.05) is 32.4 Å². The largest absolute Gasteiger partial charge is 0.497 e. The number of ether oxygens (including phenoxy) is 1. The van der Waals surface area contributed by atoms with Crippen LogP contribution >= 0.6 is 0 Å². The van der Waals surface area contributed by atoms with Crippen molar-refractivity contribution in [2.75, 3.05) is 7.11 Å². The summed E-state index contributed by atoms with van der Waals surface area (Å²) in [5.41, 5.74) is 1.34. The monoisotopic (exact) mass is 247 g/mol. The first-order chi connectivity index (χ1) is 8.74. The van der Waals surface area contributed by atoms with E-state index in [1.165, 1.54) is 24.8 Å². The molecule has 0 amide bonds. The van der Waals surface area contributed by atoms with Crippen molar-refractivity contribution in [1.82, 2.24) is 5.32 Å². The maximum Gasteiger partial charge on any atom is 0.118 e. The summed E-state index contributed by atoms with van der Waals surface area (Å²) < 4.78 is 5.17. The number of hydrogen-bond acceptors (Lipinski definition) is 2. The average Bonchev–Trinajstić information content (AvgIpc) is 2.77. The number of methoxy groups -OCH3 is 1. The zero-order chi connectivity index (χ0) is 13.0. The maximum atomic E-state index is 5.17. The second-order valence-electron chi connectivity index (χ2n) is 5.44. The number of benzene rings is 1. The fourth-order valence-electron chi connectivity index (χ4n) is 3.10. The van der Waals surface area contributed by atoms with Crippen LogP contribution in [0.4, 0.5) is 0 Å². The molecule has 1 aliphatic rings. The van der Waals surface area contributed by atoms with Gasteiger partial charge in [0.1, 0.15) is 5.75 Å². The first kappa shape index (κ1) is 13.4. The molecule has 0 radical (unpaired) electrons. The average molecular weight is 247 g/mol. The summed E-state index contributed by atoms with van der Waals surface area (Å²) >= 11 is 0. The van der Waals surface area contributed by atoms with E-state index in [4.69, 9.17) is 4.74 Å². The van der Waals surface area contributed by atoms with Crippen LogP contribution in [0.25, 0.3) is 0 Å². The van der Waals surface area contributed by atoms with Gasteiger partial charge in [-0.05, 0) is 42.4 Å². The van der Waals surface area contributed by atoms with Gasteiger partial charge in [-0.15, -0.1) is 0 Å². The highest BCUT2D eigenvalue weighted by Gasteiger charge is 2.30. The molecule has 18 heavy (non-hydrogen) atoms. The van der Waals surface area contributed by atoms with Crippen molar-refractivity contribution < 1.29 is 4.74 Å². The molecule has 1 fully saturated rings. The molecule has 0 saturated heterocycles. The molecule has 1 aliphatic carbocycles. The normalized spacial score (nSPS) is 27.4. The molecular weight excluding hydrogens is 222 g/mol. The minimum Gasteiger partial charge on any atom is -0.497 e. The molecule has 1 aromatic carbocycles. The van der Waals surface area contributed by atoms with E-state index in [-0.39, 0.29) is 0 Å². The highest BCUT2D eigenvalue weighted by atomic mass is 16.5. The Kier molecular flexibility index (Phi) is 4.65. The molecule has 2 heteroatoms. The van der Waals surface area contributed by atoms with E-state index < -0.39 is 0 Å². The summed E-state index contributed by atoms with van der Waals surface area (Å²) in [4.78, 5) is 0. The summed E-state index contributed by atoms with van der Waals surface area (Å²) in [6.45, 7) is 5.68. The van der Waals surface area contributed by atoms with Crippen LogP contribution in [0.5, 0.6) is 5.75 Å². The Bertz CT molecular complexity index is 360. The van der Waals surface area contributed by atoms with Crippen molar-refractivity contribution in [3.8, 4) is 5.75 Å². The standard InChI is InChI=1S/C16H25NO/c1-4-14-7-10-16(12(14)2)17-11-13-5-8-15(18-3)9-6-13/h5-6,8-9,12,14,16-17H,4,7,10-11H2,1-3H3. The number of nitrogens with one attached hydrogen (secondary N) is 1. The van der Waals surface area contributed by atoms with Crippen molar-refractivity contribution in [1.29, 1.82) is 0 Å². The van der Waals surface area contributed by atoms with Crippen molar-refractivity contribution in [3.63, 3.8) is 0 Å². The Morgan fingerprint density at radius 1 is 1.22 bits per heavy atom. The highest BCUT2D eigenvalue weighted by molar-refractivity contribution is 5.27. The highest BCUT2D eigenvalue weighted by Crippen LogP contribution is 2.33. The lowest BCUT2D eigenvalue weighted by atomic mass is 9.93. The molecule has 0 bridgehead atoms. The third kappa shape index (κ3) is 3.05. The first-order valence-corrected chi connectivity index (χ1v) is 7.11. The summed E-state index contributed by atoms with van der Waals surface area (Å²) in [6, 6.07) is 9.04. The molecule has 1 aromatic rings. The Labute approximate surface area is 111 Å². The van der Waals surface area contributed by atoms with Gasteiger partial charge in [0.25, 0.3) is 0 Å². The van der Waals surface area contributed by atoms with Crippen molar-refractivity contribution >= 4 is 0 Å². The summed E-state index contributed by atoms with van der Waals surface area (Å²) in [5.74, 6) is 2.66. The second kappa shape index (κ2) is 6.24. The van der Waals surface area contributed by atoms with Crippen LogP contribution in [-0.4, -0.2) is 13.2 Å². The molecule has 1 N–H and O–H groups in total. The van der Waals surface area contributed by atoms with Crippen LogP contribution in [0.3, 0.4) is 0 Å². The van der Waals surface area contributed by atoms with Gasteiger partial charge in [0, 0.05) is 12.6 Å². The molecular formula is C16H25NO. The van der Waals surface area contributed by atoms with Gasteiger partial charge in [-0.3, -0.25) is 0 Å². The third-order valence-electron chi connectivity index (χ3n) is 4.48. The van der Waals surface area contributed by atoms with Crippen LogP contribution in [0.2, 0.25) is 0 Å². The van der Waals surface area contributed by atoms with Crippen LogP contribution in [-0.2, 0) is 6.54 Å². The number of hydrogen-bond donors (Lipinski definition) is 1. The maximum absolute atomic E-state index is 5.17. The van der Waals surface area contributed by atoms with Gasteiger partial charge in [0.05, 0.1) is 7.11 Å². The van der Waals surface area contributed by atoms with Crippen molar-refractivity contribution in [2.45, 2.75) is 45.7 Å². The van der Waals surface area contributed by atoms with E-state index >= 15 is 0 Å². The summed E-state index contributed by atoms with van der Waals surface area (Å²) in [7, 11) is 1.71. The van der Waals surface area contributed by atoms with Gasteiger partial charge < -0.3 is 10.1 Å². The topological polar surface area (TPSA) is 21.3 Å². The first-order valence-electron chi connectivity index (χ1n) is 7.11. The summed E-state index contributed by atoms with van der Waals surface area (Å²) in [6.07, 6.45) is 4.04. The van der Waals surface area contributed by atoms with E-state index in [0.29, 0.717) is 6.04 Å². The molecule has 3 atom stereocenters. The predicted molar refractivity (Wildman–Crippen MR) is 75.8 cm³/mol. The van der Waals surface area contributed by atoms with E-state index in [9.17, 15) is 0 Å². The zero-order valence-electron chi connectivity index (χ0n) is 11.8. The summed E-state index contributed by atoms with van der Waals surface area (Å²) in [5, 5.41) is 3.71. The smallest absolute Gasteiger partial charge is 0.118 e. The van der Waals surface area contributed by atoms with E-state index in [1.807, 2.05) is 12.1 Å². The number of rotatable bonds is 5. The van der Waals surface area contributed by atoms with Gasteiger partial charge in [0.15, 0.2) is 0 Å². The van der Waals surface area contributed by atoms with Crippen LogP contribution in [0.15, 0.2) is 24.3 Å². The molecule has 2 rings (SSSR count). The fourth-order valence-corrected chi connectivity index (χ4v) is 3.10. The Hall–Kier alpha value is -1.02. The SMILES string of the molecule is CCC1CCC(NCc2ccc(OC)cc2)C1C. The predicted octanol–water partition coefficient (Wildman–Crippen LogP) is 3.61. The van der Waals surface area contributed by atoms with E-state index in [1.54, 1.807) is 7.11 Å². The fraction of sp³-hybridized carbons (Fsp3) is 0.625. The Morgan fingerprint density at radius 3 is 2.50 bits per heavy atom. The lowest BCUT2D eigenvalue weighted by Crippen LogP contribution is -2.32. The van der Waals surface area contributed by atoms with Crippen molar-refractivity contribution in [2.24, 2.45) is 11.8 Å². The van der Waals surface area contributed by atoms with Crippen LogP contribution < -0.4 is 10.1 Å². The molecule has 0 spiro atoms. The van der Waals surface area contributed by atoms with Gasteiger partial charge >= 0.3 is 0 Å². The van der Waals surface area contributed by atoms with E-state index in [0.717, 1.165) is 24.1 Å². The van der Waals surface area contributed by atoms with E-state index in [2.05, 4.69) is 31.3 Å². The van der Waals surface area contributed by atoms with Crippen molar-refractivity contribution in [3.05, 3.63) is 29.8 Å². The molecule has 3 unspecified atom stereocenters. The molecule has 1 saturated carbocycles. The molecule has 2 nitrogen and oxygen atoms in total. The lowest BCUT2D eigenvalue weighted by molar-refractivity contribution is 0.344. The minimum absolute atomic E-state index is 0.692. The molecule has 100 valence electrons. The van der Waals surface area contributed by atoms with Gasteiger partial charge in [-0.2, -0.15) is 0 Å². The zero-order valence-corrected chi connectivity index (χ0v) is 11.8. The molecule has 0 aliphatic heterocycles. The Balaban J connectivity index is 1.84. The quantitative estimate of drug-likeness (QED) is 0.858. The second-order valence-corrected chi connectivity index (χ2v) is 5.44. The van der Waals surface area contributed by atoms with Crippen LogP contribution in [0.1, 0.15) is 38.7 Å². The minimum atomic E-state index is 0.692. The van der Waals surface area contributed by atoms with Gasteiger partial charge in [0.2, 0.25) is 0 Å². The van der Waals surface area contributed by atoms with Crippen LogP contribution in [0, 0.1) is 11.8 Å². The van der Waals surface area contributed by atoms with Gasteiger partial charge in [-0.25, -0.2) is 0 Å². The Morgan fingerprint density at radius 2 is 1.94 bits per heavy atom. The molecule has 0 aromatic heterocycles. The third-order valence-corrected chi connectivity index (χ3v) is 4.48.